The van der Waals surface area contributed by atoms with E-state index < -0.39 is 0 Å². The standard InChI is InChI=1S/C37H56O8/c38-23-11-3-1-2-7-17-31-32(22-21-30(43-35-18-8-12-24-39-35)28-42-29-15-5-4-6-16-29)34(45-37-20-10-14-26-41-37)27-33(31)44-36-19-9-13-25-40-36/h2,4-7,15-16,21-22,30-38H,1,3,8-14,17-20,23-28H2/t30-,31-,32-,33+,34-,35?,36?,37?/m1/s1. The molecule has 252 valence electrons. The van der Waals surface area contributed by atoms with E-state index in [0.29, 0.717) is 6.61 Å². The highest BCUT2D eigenvalue weighted by Crippen LogP contribution is 2.42. The average molecular weight is 629 g/mol. The van der Waals surface area contributed by atoms with Gasteiger partial charge in [0.15, 0.2) is 18.9 Å². The van der Waals surface area contributed by atoms with Crippen molar-refractivity contribution in [1.29, 1.82) is 0 Å². The molecular weight excluding hydrogens is 572 g/mol. The Hall–Kier alpha value is -1.78. The van der Waals surface area contributed by atoms with Crippen molar-refractivity contribution in [3.63, 3.8) is 0 Å². The number of unbranched alkanes of at least 4 members (excludes halogenated alkanes) is 2. The molecule has 4 aliphatic rings. The summed E-state index contributed by atoms with van der Waals surface area (Å²) in [5, 5.41) is 9.18. The first kappa shape index (κ1) is 34.6. The van der Waals surface area contributed by atoms with Crippen LogP contribution in [0, 0.1) is 11.8 Å². The maximum absolute atomic E-state index is 9.18. The fourth-order valence-electron chi connectivity index (χ4n) is 6.84. The first-order chi connectivity index (χ1) is 22.3. The molecule has 0 amide bonds. The number of aliphatic hydroxyl groups is 1. The monoisotopic (exact) mass is 628 g/mol. The summed E-state index contributed by atoms with van der Waals surface area (Å²) >= 11 is 0. The third kappa shape index (κ3) is 11.8. The van der Waals surface area contributed by atoms with Crippen LogP contribution in [0.25, 0.3) is 0 Å². The molecule has 1 aromatic carbocycles. The summed E-state index contributed by atoms with van der Waals surface area (Å²) < 4.78 is 44.2. The number of allylic oxidation sites excluding steroid dienone is 2. The zero-order valence-corrected chi connectivity index (χ0v) is 27.1. The minimum Gasteiger partial charge on any atom is -0.491 e. The molecule has 0 aromatic heterocycles. The average Bonchev–Trinajstić information content (AvgIpc) is 3.40. The second-order valence-electron chi connectivity index (χ2n) is 12.8. The van der Waals surface area contributed by atoms with E-state index in [-0.39, 0.29) is 55.6 Å². The van der Waals surface area contributed by atoms with Crippen LogP contribution in [0.2, 0.25) is 0 Å². The lowest BCUT2D eigenvalue weighted by Crippen LogP contribution is -2.32. The summed E-state index contributed by atoms with van der Waals surface area (Å²) in [5.74, 6) is 1.16. The smallest absolute Gasteiger partial charge is 0.158 e. The highest BCUT2D eigenvalue weighted by atomic mass is 16.7. The van der Waals surface area contributed by atoms with Gasteiger partial charge >= 0.3 is 0 Å². The van der Waals surface area contributed by atoms with Crippen LogP contribution in [-0.4, -0.2) is 75.3 Å². The van der Waals surface area contributed by atoms with Crippen molar-refractivity contribution in [1.82, 2.24) is 0 Å². The van der Waals surface area contributed by atoms with E-state index >= 15 is 0 Å². The Labute approximate surface area is 270 Å². The molecule has 1 aliphatic carbocycles. The minimum atomic E-state index is -0.267. The van der Waals surface area contributed by atoms with E-state index in [4.69, 9.17) is 33.2 Å². The van der Waals surface area contributed by atoms with E-state index in [1.807, 2.05) is 30.3 Å². The third-order valence-corrected chi connectivity index (χ3v) is 9.32. The Morgan fingerprint density at radius 1 is 0.778 bits per heavy atom. The van der Waals surface area contributed by atoms with E-state index in [9.17, 15) is 5.11 Å². The summed E-state index contributed by atoms with van der Waals surface area (Å²) in [6, 6.07) is 9.90. The molecule has 8 nitrogen and oxygen atoms in total. The van der Waals surface area contributed by atoms with E-state index in [1.54, 1.807) is 0 Å². The summed E-state index contributed by atoms with van der Waals surface area (Å²) in [7, 11) is 0. The van der Waals surface area contributed by atoms with E-state index in [0.717, 1.165) is 115 Å². The van der Waals surface area contributed by atoms with Crippen molar-refractivity contribution in [2.45, 2.75) is 127 Å². The molecule has 1 aromatic rings. The highest BCUT2D eigenvalue weighted by Gasteiger charge is 2.45. The Balaban J connectivity index is 1.34. The van der Waals surface area contributed by atoms with Gasteiger partial charge in [0.1, 0.15) is 18.5 Å². The maximum Gasteiger partial charge on any atom is 0.158 e. The molecule has 8 atom stereocenters. The first-order valence-corrected chi connectivity index (χ1v) is 17.7. The minimum absolute atomic E-state index is 0.0139. The third-order valence-electron chi connectivity index (χ3n) is 9.32. The predicted molar refractivity (Wildman–Crippen MR) is 173 cm³/mol. The number of rotatable bonds is 17. The van der Waals surface area contributed by atoms with Crippen LogP contribution < -0.4 is 4.74 Å². The van der Waals surface area contributed by atoms with Crippen molar-refractivity contribution in [2.24, 2.45) is 11.8 Å². The van der Waals surface area contributed by atoms with Crippen LogP contribution in [0.3, 0.4) is 0 Å². The van der Waals surface area contributed by atoms with Gasteiger partial charge in [0.2, 0.25) is 0 Å². The fourth-order valence-corrected chi connectivity index (χ4v) is 6.84. The number of para-hydroxylation sites is 1. The molecule has 3 unspecified atom stereocenters. The van der Waals surface area contributed by atoms with Crippen molar-refractivity contribution in [2.75, 3.05) is 33.0 Å². The van der Waals surface area contributed by atoms with Crippen molar-refractivity contribution < 1.29 is 38.3 Å². The van der Waals surface area contributed by atoms with E-state index in [2.05, 4.69) is 24.3 Å². The molecule has 3 heterocycles. The van der Waals surface area contributed by atoms with Gasteiger partial charge in [-0.2, -0.15) is 0 Å². The highest BCUT2D eigenvalue weighted by molar-refractivity contribution is 5.21. The molecule has 45 heavy (non-hydrogen) atoms. The van der Waals surface area contributed by atoms with Gasteiger partial charge < -0.3 is 38.3 Å². The number of benzene rings is 1. The second kappa shape index (κ2) is 19.8. The summed E-state index contributed by atoms with van der Waals surface area (Å²) in [6.07, 6.45) is 22.0. The number of hydrogen-bond acceptors (Lipinski definition) is 8. The van der Waals surface area contributed by atoms with Crippen LogP contribution in [0.5, 0.6) is 5.75 Å². The van der Waals surface area contributed by atoms with Crippen LogP contribution in [-0.2, 0) is 28.4 Å². The Kier molecular flexibility index (Phi) is 15.2. The van der Waals surface area contributed by atoms with Crippen LogP contribution in [0.4, 0.5) is 0 Å². The molecule has 5 rings (SSSR count). The van der Waals surface area contributed by atoms with Gasteiger partial charge in [0.05, 0.1) is 12.2 Å². The molecular formula is C37H56O8. The van der Waals surface area contributed by atoms with Crippen molar-refractivity contribution in [3.8, 4) is 5.75 Å². The van der Waals surface area contributed by atoms with Gasteiger partial charge in [-0.05, 0) is 102 Å². The number of hydrogen-bond donors (Lipinski definition) is 1. The molecule has 3 saturated heterocycles. The lowest BCUT2D eigenvalue weighted by atomic mass is 9.89. The van der Waals surface area contributed by atoms with Gasteiger partial charge in [-0.25, -0.2) is 0 Å². The largest absolute Gasteiger partial charge is 0.491 e. The topological polar surface area (TPSA) is 84.8 Å². The quantitative estimate of drug-likeness (QED) is 0.144. The van der Waals surface area contributed by atoms with Gasteiger partial charge in [0.25, 0.3) is 0 Å². The number of ether oxygens (including phenoxy) is 7. The lowest BCUT2D eigenvalue weighted by molar-refractivity contribution is -0.203. The summed E-state index contributed by atoms with van der Waals surface area (Å²) in [4.78, 5) is 0. The molecule has 1 saturated carbocycles. The van der Waals surface area contributed by atoms with Gasteiger partial charge in [0, 0.05) is 38.8 Å². The zero-order valence-electron chi connectivity index (χ0n) is 27.1. The van der Waals surface area contributed by atoms with Crippen LogP contribution >= 0.6 is 0 Å². The normalized spacial score (nSPS) is 31.9. The first-order valence-electron chi connectivity index (χ1n) is 17.7. The fraction of sp³-hybridized carbons (Fsp3) is 0.730. The Morgan fingerprint density at radius 2 is 1.44 bits per heavy atom. The molecule has 0 spiro atoms. The van der Waals surface area contributed by atoms with Gasteiger partial charge in [-0.3, -0.25) is 0 Å². The Morgan fingerprint density at radius 3 is 2.09 bits per heavy atom. The second-order valence-corrected chi connectivity index (χ2v) is 12.8. The molecule has 3 aliphatic heterocycles. The molecule has 1 N–H and O–H groups in total. The van der Waals surface area contributed by atoms with Crippen molar-refractivity contribution >= 4 is 0 Å². The van der Waals surface area contributed by atoms with Gasteiger partial charge in [-0.15, -0.1) is 0 Å². The van der Waals surface area contributed by atoms with Crippen LogP contribution in [0.1, 0.15) is 89.9 Å². The molecule has 4 fully saturated rings. The molecule has 8 heteroatoms. The number of aliphatic hydroxyl groups excluding tert-OH is 1. The van der Waals surface area contributed by atoms with E-state index in [1.165, 1.54) is 0 Å². The van der Waals surface area contributed by atoms with Crippen molar-refractivity contribution in [3.05, 3.63) is 54.6 Å². The molecule has 0 radical (unpaired) electrons. The lowest BCUT2D eigenvalue weighted by Gasteiger charge is -2.30. The Bertz CT molecular complexity index is 968. The SMILES string of the molecule is OCCCCC=CC[C@@H]1[C@@H](C=C[C@H](COc2ccccc2)OC2CCCCO2)[C@H](OC2CCCCO2)C[C@@H]1OC1CCCCO1. The van der Waals surface area contributed by atoms with Gasteiger partial charge in [-0.1, -0.05) is 42.5 Å². The zero-order chi connectivity index (χ0) is 30.9. The predicted octanol–water partition coefficient (Wildman–Crippen LogP) is 7.10. The summed E-state index contributed by atoms with van der Waals surface area (Å²) in [6.45, 7) is 2.88. The summed E-state index contributed by atoms with van der Waals surface area (Å²) in [5.41, 5.74) is 0. The molecule has 0 bridgehead atoms. The van der Waals surface area contributed by atoms with Crippen LogP contribution in [0.15, 0.2) is 54.6 Å². The maximum atomic E-state index is 9.18.